The van der Waals surface area contributed by atoms with Gasteiger partial charge >= 0.3 is 0 Å². The van der Waals surface area contributed by atoms with Crippen molar-refractivity contribution in [2.24, 2.45) is 11.8 Å². The van der Waals surface area contributed by atoms with Crippen LogP contribution in [0.5, 0.6) is 0 Å². The molecule has 0 radical (unpaired) electrons. The van der Waals surface area contributed by atoms with Crippen molar-refractivity contribution in [1.29, 1.82) is 0 Å². The Morgan fingerprint density at radius 1 is 0.920 bits per heavy atom. The minimum Gasteiger partial charge on any atom is -0.326 e. The zero-order chi connectivity index (χ0) is 18.1. The maximum atomic E-state index is 13.6. The predicted octanol–water partition coefficient (Wildman–Crippen LogP) is 3.79. The first-order chi connectivity index (χ1) is 11.8. The summed E-state index contributed by atoms with van der Waals surface area (Å²) in [6, 6.07) is 8.67. The van der Waals surface area contributed by atoms with Gasteiger partial charge in [-0.05, 0) is 49.6 Å². The summed E-state index contributed by atoms with van der Waals surface area (Å²) in [5.74, 6) is -3.17. The molecule has 25 heavy (non-hydrogen) atoms. The minimum atomic E-state index is -0.842. The molecule has 2 amide bonds. The molecule has 0 spiro atoms. The fourth-order valence-corrected chi connectivity index (χ4v) is 2.69. The van der Waals surface area contributed by atoms with Crippen molar-refractivity contribution in [3.8, 4) is 0 Å². The molecule has 2 aromatic carbocycles. The summed E-state index contributed by atoms with van der Waals surface area (Å²) < 4.78 is 26.5. The largest absolute Gasteiger partial charge is 0.326 e. The molecule has 0 aliphatic heterocycles. The van der Waals surface area contributed by atoms with Gasteiger partial charge in [0.05, 0.1) is 17.5 Å². The van der Waals surface area contributed by atoms with Crippen molar-refractivity contribution in [3.05, 3.63) is 59.2 Å². The SMILES string of the molecule is Cc1ccc(C)c(NC(=O)C2CC2C(=O)Nc2ccc(F)cc2F)c1. The summed E-state index contributed by atoms with van der Waals surface area (Å²) in [6.45, 7) is 3.82. The molecule has 130 valence electrons. The van der Waals surface area contributed by atoms with Crippen molar-refractivity contribution < 1.29 is 18.4 Å². The normalized spacial score (nSPS) is 18.6. The first-order valence-corrected chi connectivity index (χ1v) is 7.99. The minimum absolute atomic E-state index is 0.0908. The van der Waals surface area contributed by atoms with Gasteiger partial charge < -0.3 is 10.6 Å². The summed E-state index contributed by atoms with van der Waals surface area (Å²) in [7, 11) is 0. The standard InChI is InChI=1S/C19H18F2N2O2/c1-10-3-4-11(2)17(7-10)23-19(25)14-9-13(14)18(24)22-16-6-5-12(20)8-15(16)21/h3-8,13-14H,9H2,1-2H3,(H,22,24)(H,23,25). The van der Waals surface area contributed by atoms with Gasteiger partial charge in [0.2, 0.25) is 11.8 Å². The third-order valence-corrected chi connectivity index (χ3v) is 4.30. The summed E-state index contributed by atoms with van der Waals surface area (Å²) in [6.07, 6.45) is 0.408. The number of amides is 2. The molecule has 0 aromatic heterocycles. The fraction of sp³-hybridized carbons (Fsp3) is 0.263. The van der Waals surface area contributed by atoms with Gasteiger partial charge in [0, 0.05) is 11.8 Å². The molecule has 2 aromatic rings. The van der Waals surface area contributed by atoms with Gasteiger partial charge in [-0.25, -0.2) is 8.78 Å². The van der Waals surface area contributed by atoms with Gasteiger partial charge in [0.15, 0.2) is 0 Å². The summed E-state index contributed by atoms with van der Waals surface area (Å²) in [4.78, 5) is 24.5. The number of carbonyl (C=O) groups excluding carboxylic acids is 2. The lowest BCUT2D eigenvalue weighted by Crippen LogP contribution is -2.21. The maximum Gasteiger partial charge on any atom is 0.228 e. The monoisotopic (exact) mass is 344 g/mol. The fourth-order valence-electron chi connectivity index (χ4n) is 2.69. The van der Waals surface area contributed by atoms with E-state index >= 15 is 0 Å². The topological polar surface area (TPSA) is 58.2 Å². The second kappa shape index (κ2) is 6.63. The number of rotatable bonds is 4. The number of aryl methyl sites for hydroxylation is 2. The molecule has 2 unspecified atom stereocenters. The first-order valence-electron chi connectivity index (χ1n) is 7.99. The average molecular weight is 344 g/mol. The van der Waals surface area contributed by atoms with Gasteiger partial charge in [-0.1, -0.05) is 12.1 Å². The van der Waals surface area contributed by atoms with E-state index in [4.69, 9.17) is 0 Å². The molecule has 6 heteroatoms. The lowest BCUT2D eigenvalue weighted by molar-refractivity contribution is -0.122. The number of nitrogens with one attached hydrogen (secondary N) is 2. The number of benzene rings is 2. The number of carbonyl (C=O) groups is 2. The number of hydrogen-bond donors (Lipinski definition) is 2. The van der Waals surface area contributed by atoms with Crippen LogP contribution >= 0.6 is 0 Å². The van der Waals surface area contributed by atoms with Gasteiger partial charge in [0.25, 0.3) is 0 Å². The van der Waals surface area contributed by atoms with Crippen LogP contribution in [0, 0.1) is 37.3 Å². The Morgan fingerprint density at radius 2 is 1.56 bits per heavy atom. The average Bonchev–Trinajstić information content (AvgIpc) is 3.34. The summed E-state index contributed by atoms with van der Waals surface area (Å²) in [5, 5.41) is 5.25. The predicted molar refractivity (Wildman–Crippen MR) is 91.1 cm³/mol. The van der Waals surface area contributed by atoms with Crippen LogP contribution in [0.2, 0.25) is 0 Å². The van der Waals surface area contributed by atoms with Crippen molar-refractivity contribution in [2.45, 2.75) is 20.3 Å². The van der Waals surface area contributed by atoms with E-state index in [9.17, 15) is 18.4 Å². The van der Waals surface area contributed by atoms with Crippen molar-refractivity contribution in [1.82, 2.24) is 0 Å². The smallest absolute Gasteiger partial charge is 0.228 e. The summed E-state index contributed by atoms with van der Waals surface area (Å²) in [5.41, 5.74) is 2.60. The van der Waals surface area contributed by atoms with Crippen LogP contribution in [-0.2, 0) is 9.59 Å². The van der Waals surface area contributed by atoms with Crippen LogP contribution in [0.3, 0.4) is 0 Å². The van der Waals surface area contributed by atoms with Crippen molar-refractivity contribution in [2.75, 3.05) is 10.6 Å². The van der Waals surface area contributed by atoms with E-state index in [0.29, 0.717) is 12.5 Å². The second-order valence-corrected chi connectivity index (χ2v) is 6.37. The van der Waals surface area contributed by atoms with Gasteiger partial charge in [-0.3, -0.25) is 9.59 Å². The number of hydrogen-bond acceptors (Lipinski definition) is 2. The van der Waals surface area contributed by atoms with E-state index in [1.54, 1.807) is 0 Å². The van der Waals surface area contributed by atoms with Crippen LogP contribution < -0.4 is 10.6 Å². The van der Waals surface area contributed by atoms with Crippen molar-refractivity contribution in [3.63, 3.8) is 0 Å². The Kier molecular flexibility index (Phi) is 4.53. The van der Waals surface area contributed by atoms with Crippen LogP contribution in [0.1, 0.15) is 17.5 Å². The van der Waals surface area contributed by atoms with Gasteiger partial charge in [0.1, 0.15) is 11.6 Å². The lowest BCUT2D eigenvalue weighted by atomic mass is 10.1. The zero-order valence-electron chi connectivity index (χ0n) is 13.9. The van der Waals surface area contributed by atoms with Gasteiger partial charge in [-0.2, -0.15) is 0 Å². The molecule has 1 saturated carbocycles. The molecule has 0 saturated heterocycles. The lowest BCUT2D eigenvalue weighted by Gasteiger charge is -2.09. The highest BCUT2D eigenvalue weighted by Crippen LogP contribution is 2.40. The van der Waals surface area contributed by atoms with Crippen LogP contribution in [0.25, 0.3) is 0 Å². The Bertz CT molecular complexity index is 851. The highest BCUT2D eigenvalue weighted by atomic mass is 19.1. The third-order valence-electron chi connectivity index (χ3n) is 4.30. The molecule has 1 fully saturated rings. The molecular formula is C19H18F2N2O2. The molecule has 1 aliphatic carbocycles. The molecule has 0 heterocycles. The first kappa shape index (κ1) is 17.1. The highest BCUT2D eigenvalue weighted by Gasteiger charge is 2.48. The van der Waals surface area contributed by atoms with Crippen LogP contribution in [0.15, 0.2) is 36.4 Å². The summed E-state index contributed by atoms with van der Waals surface area (Å²) >= 11 is 0. The molecule has 1 aliphatic rings. The van der Waals surface area contributed by atoms with E-state index in [-0.39, 0.29) is 11.6 Å². The van der Waals surface area contributed by atoms with E-state index in [2.05, 4.69) is 10.6 Å². The Balaban J connectivity index is 1.60. The Hall–Kier alpha value is -2.76. The third kappa shape index (κ3) is 3.84. The van der Waals surface area contributed by atoms with Crippen LogP contribution in [0.4, 0.5) is 20.2 Å². The van der Waals surface area contributed by atoms with E-state index < -0.39 is 29.4 Å². The Labute approximate surface area is 144 Å². The molecule has 2 atom stereocenters. The van der Waals surface area contributed by atoms with Gasteiger partial charge in [-0.15, -0.1) is 0 Å². The second-order valence-electron chi connectivity index (χ2n) is 6.37. The number of anilines is 2. The zero-order valence-corrected chi connectivity index (χ0v) is 13.9. The van der Waals surface area contributed by atoms with E-state index in [1.165, 1.54) is 0 Å². The van der Waals surface area contributed by atoms with Crippen molar-refractivity contribution >= 4 is 23.2 Å². The highest BCUT2D eigenvalue weighted by molar-refractivity contribution is 6.03. The molecular weight excluding hydrogens is 326 g/mol. The molecule has 2 N–H and O–H groups in total. The Morgan fingerprint density at radius 3 is 2.20 bits per heavy atom. The van der Waals surface area contributed by atoms with E-state index in [0.717, 1.165) is 28.9 Å². The van der Waals surface area contributed by atoms with Crippen LogP contribution in [-0.4, -0.2) is 11.8 Å². The molecule has 3 rings (SSSR count). The quantitative estimate of drug-likeness (QED) is 0.886. The molecule has 4 nitrogen and oxygen atoms in total. The maximum absolute atomic E-state index is 13.6. The molecule has 0 bridgehead atoms. The van der Waals surface area contributed by atoms with E-state index in [1.807, 2.05) is 32.0 Å². The number of halogens is 2.